The fraction of sp³-hybridized carbons (Fsp3) is 0.105. The summed E-state index contributed by atoms with van der Waals surface area (Å²) < 4.78 is 28.6. The van der Waals surface area contributed by atoms with Gasteiger partial charge in [0.15, 0.2) is 0 Å². The molecule has 0 fully saturated rings. The van der Waals surface area contributed by atoms with Crippen LogP contribution in [0, 0.1) is 0 Å². The summed E-state index contributed by atoms with van der Waals surface area (Å²) in [4.78, 5) is 0.248. The molecule has 7 heteroatoms. The Bertz CT molecular complexity index is 1030. The van der Waals surface area contributed by atoms with E-state index in [1.165, 1.54) is 4.41 Å². The van der Waals surface area contributed by atoms with E-state index in [4.69, 9.17) is 0 Å². The van der Waals surface area contributed by atoms with Gasteiger partial charge in [-0.15, -0.1) is 0 Å². The largest absolute Gasteiger partial charge is 0.279 e. The minimum atomic E-state index is -3.73. The molecular formula is C19H15BrN2O2S2. The second-order valence-corrected chi connectivity index (χ2v) is 9.41. The van der Waals surface area contributed by atoms with Crippen molar-refractivity contribution in [2.75, 3.05) is 0 Å². The Labute approximate surface area is 165 Å². The van der Waals surface area contributed by atoms with Crippen molar-refractivity contribution < 1.29 is 8.42 Å². The number of hydrogen-bond donors (Lipinski definition) is 0. The third kappa shape index (κ3) is 3.22. The van der Waals surface area contributed by atoms with Crippen LogP contribution in [0.15, 0.2) is 85.9 Å². The van der Waals surface area contributed by atoms with E-state index >= 15 is 0 Å². The molecule has 1 aliphatic heterocycles. The zero-order valence-corrected chi connectivity index (χ0v) is 16.8. The van der Waals surface area contributed by atoms with Crippen molar-refractivity contribution in [2.24, 2.45) is 5.10 Å². The summed E-state index contributed by atoms with van der Waals surface area (Å²) in [6.07, 6.45) is 0.546. The Hall–Kier alpha value is -1.96. The van der Waals surface area contributed by atoms with Gasteiger partial charge in [-0.1, -0.05) is 46.3 Å². The van der Waals surface area contributed by atoms with Crippen LogP contribution >= 0.6 is 27.3 Å². The molecule has 4 nitrogen and oxygen atoms in total. The van der Waals surface area contributed by atoms with Crippen molar-refractivity contribution in [2.45, 2.75) is 17.4 Å². The Morgan fingerprint density at radius 3 is 2.42 bits per heavy atom. The van der Waals surface area contributed by atoms with Crippen LogP contribution in [0.5, 0.6) is 0 Å². The minimum Gasteiger partial charge on any atom is -0.200 e. The summed E-state index contributed by atoms with van der Waals surface area (Å²) in [5.41, 5.74) is 2.68. The van der Waals surface area contributed by atoms with Crippen molar-refractivity contribution in [1.82, 2.24) is 4.41 Å². The number of halogens is 1. The molecule has 0 saturated carbocycles. The van der Waals surface area contributed by atoms with Crippen LogP contribution in [-0.4, -0.2) is 18.5 Å². The summed E-state index contributed by atoms with van der Waals surface area (Å²) in [5.74, 6) is 0. The lowest BCUT2D eigenvalue weighted by Gasteiger charge is -2.23. The smallest absolute Gasteiger partial charge is 0.200 e. The first kappa shape index (κ1) is 17.5. The van der Waals surface area contributed by atoms with E-state index < -0.39 is 10.0 Å². The molecule has 0 radical (unpaired) electrons. The minimum absolute atomic E-state index is 0.248. The molecule has 1 aliphatic rings. The summed E-state index contributed by atoms with van der Waals surface area (Å²) >= 11 is 5.01. The standard InChI is InChI=1S/C19H15BrN2O2S2/c20-16-8-6-14(7-9-16)19-12-18(15-10-11-25-13-15)21-22(19)26(23,24)17-4-2-1-3-5-17/h1-11,13,19H,12H2/t19-/m0/s1. The van der Waals surface area contributed by atoms with E-state index in [0.717, 1.165) is 21.3 Å². The summed E-state index contributed by atoms with van der Waals surface area (Å²) in [6.45, 7) is 0. The number of benzene rings is 2. The highest BCUT2D eigenvalue weighted by atomic mass is 79.9. The topological polar surface area (TPSA) is 49.7 Å². The monoisotopic (exact) mass is 446 g/mol. The highest BCUT2D eigenvalue weighted by molar-refractivity contribution is 9.10. The van der Waals surface area contributed by atoms with Crippen LogP contribution in [0.2, 0.25) is 0 Å². The predicted molar refractivity (Wildman–Crippen MR) is 108 cm³/mol. The van der Waals surface area contributed by atoms with Gasteiger partial charge in [0, 0.05) is 16.5 Å². The molecule has 0 unspecified atom stereocenters. The van der Waals surface area contributed by atoms with E-state index in [0.29, 0.717) is 6.42 Å². The van der Waals surface area contributed by atoms with Crippen molar-refractivity contribution in [1.29, 1.82) is 0 Å². The molecule has 0 spiro atoms. The molecule has 0 bridgehead atoms. The maximum atomic E-state index is 13.2. The second kappa shape index (κ2) is 6.98. The van der Waals surface area contributed by atoms with Gasteiger partial charge in [0.1, 0.15) is 0 Å². The zero-order valence-electron chi connectivity index (χ0n) is 13.6. The molecule has 4 rings (SSSR count). The van der Waals surface area contributed by atoms with Gasteiger partial charge >= 0.3 is 0 Å². The fourth-order valence-corrected chi connectivity index (χ4v) is 5.33. The van der Waals surface area contributed by atoms with Gasteiger partial charge in [-0.3, -0.25) is 0 Å². The number of nitrogens with zero attached hydrogens (tertiary/aromatic N) is 2. The summed E-state index contributed by atoms with van der Waals surface area (Å²) in [6, 6.07) is 17.8. The molecule has 0 amide bonds. The molecule has 2 aromatic carbocycles. The van der Waals surface area contributed by atoms with E-state index in [1.54, 1.807) is 41.7 Å². The van der Waals surface area contributed by atoms with Crippen LogP contribution in [0.3, 0.4) is 0 Å². The van der Waals surface area contributed by atoms with Gasteiger partial charge in [-0.2, -0.15) is 29.3 Å². The van der Waals surface area contributed by atoms with Crippen molar-refractivity contribution >= 4 is 43.0 Å². The van der Waals surface area contributed by atoms with E-state index in [1.807, 2.05) is 41.1 Å². The van der Waals surface area contributed by atoms with Crippen molar-refractivity contribution in [3.63, 3.8) is 0 Å². The average molecular weight is 447 g/mol. The van der Waals surface area contributed by atoms with Gasteiger partial charge in [0.05, 0.1) is 16.6 Å². The first-order valence-corrected chi connectivity index (χ1v) is 11.2. The lowest BCUT2D eigenvalue weighted by atomic mass is 10.0. The van der Waals surface area contributed by atoms with Crippen LogP contribution in [0.25, 0.3) is 0 Å². The number of hydrazone groups is 1. The molecule has 0 saturated heterocycles. The summed E-state index contributed by atoms with van der Waals surface area (Å²) in [5, 5.41) is 8.48. The SMILES string of the molecule is O=S(=O)(c1ccccc1)N1N=C(c2ccsc2)C[C@H]1c1ccc(Br)cc1. The molecule has 132 valence electrons. The third-order valence-electron chi connectivity index (χ3n) is 4.27. The second-order valence-electron chi connectivity index (χ2n) is 5.92. The Morgan fingerprint density at radius 2 is 1.77 bits per heavy atom. The summed E-state index contributed by atoms with van der Waals surface area (Å²) in [7, 11) is -3.73. The van der Waals surface area contributed by atoms with Gasteiger partial charge in [0.2, 0.25) is 0 Å². The molecular weight excluding hydrogens is 432 g/mol. The van der Waals surface area contributed by atoms with Gasteiger partial charge in [0.25, 0.3) is 10.0 Å². The number of sulfonamides is 1. The van der Waals surface area contributed by atoms with E-state index in [-0.39, 0.29) is 10.9 Å². The van der Waals surface area contributed by atoms with Crippen LogP contribution in [0.1, 0.15) is 23.6 Å². The maximum Gasteiger partial charge on any atom is 0.279 e. The Balaban J connectivity index is 1.79. The van der Waals surface area contributed by atoms with Crippen LogP contribution in [0.4, 0.5) is 0 Å². The first-order valence-electron chi connectivity index (χ1n) is 8.01. The number of thiophene rings is 1. The van der Waals surface area contributed by atoms with Crippen molar-refractivity contribution in [3.05, 3.63) is 87.0 Å². The van der Waals surface area contributed by atoms with Gasteiger partial charge < -0.3 is 0 Å². The quantitative estimate of drug-likeness (QED) is 0.562. The lowest BCUT2D eigenvalue weighted by Crippen LogP contribution is -2.27. The van der Waals surface area contributed by atoms with Crippen LogP contribution < -0.4 is 0 Å². The molecule has 2 heterocycles. The first-order chi connectivity index (χ1) is 12.6. The predicted octanol–water partition coefficient (Wildman–Crippen LogP) is 5.05. The fourth-order valence-electron chi connectivity index (χ4n) is 2.95. The zero-order chi connectivity index (χ0) is 18.1. The van der Waals surface area contributed by atoms with Crippen molar-refractivity contribution in [3.8, 4) is 0 Å². The highest BCUT2D eigenvalue weighted by Crippen LogP contribution is 2.37. The van der Waals surface area contributed by atoms with E-state index in [2.05, 4.69) is 21.0 Å². The maximum absolute atomic E-state index is 13.2. The molecule has 0 N–H and O–H groups in total. The normalized spacial score (nSPS) is 17.3. The third-order valence-corrected chi connectivity index (χ3v) is 7.18. The highest BCUT2D eigenvalue weighted by Gasteiger charge is 2.37. The molecule has 3 aromatic rings. The van der Waals surface area contributed by atoms with Gasteiger partial charge in [-0.05, 0) is 46.7 Å². The number of hydrogen-bond acceptors (Lipinski definition) is 4. The molecule has 26 heavy (non-hydrogen) atoms. The molecule has 0 aliphatic carbocycles. The van der Waals surface area contributed by atoms with E-state index in [9.17, 15) is 8.42 Å². The number of rotatable bonds is 4. The Morgan fingerprint density at radius 1 is 1.04 bits per heavy atom. The Kier molecular flexibility index (Phi) is 4.69. The molecule has 1 atom stereocenters. The van der Waals surface area contributed by atoms with Crippen LogP contribution in [-0.2, 0) is 10.0 Å². The lowest BCUT2D eigenvalue weighted by molar-refractivity contribution is 0.371. The van der Waals surface area contributed by atoms with Gasteiger partial charge in [-0.25, -0.2) is 0 Å². The average Bonchev–Trinajstić information content (AvgIpc) is 3.33. The molecule has 1 aromatic heterocycles.